The van der Waals surface area contributed by atoms with E-state index in [1.165, 1.54) is 0 Å². The molecule has 5 nitrogen and oxygen atoms in total. The molecule has 0 bridgehead atoms. The van der Waals surface area contributed by atoms with Crippen molar-refractivity contribution >= 4 is 17.5 Å². The molecule has 1 fully saturated rings. The van der Waals surface area contributed by atoms with Gasteiger partial charge < -0.3 is 16.0 Å². The van der Waals surface area contributed by atoms with Crippen molar-refractivity contribution in [3.63, 3.8) is 0 Å². The largest absolute Gasteiger partial charge is 0.376 e. The van der Waals surface area contributed by atoms with Crippen LogP contribution in [0.15, 0.2) is 30.3 Å². The number of primary amides is 1. The van der Waals surface area contributed by atoms with Crippen molar-refractivity contribution in [3.05, 3.63) is 30.3 Å². The molecular weight excluding hydrogens is 230 g/mol. The highest BCUT2D eigenvalue weighted by atomic mass is 16.2. The van der Waals surface area contributed by atoms with E-state index in [0.717, 1.165) is 5.69 Å². The van der Waals surface area contributed by atoms with Crippen molar-refractivity contribution in [1.29, 1.82) is 0 Å². The van der Waals surface area contributed by atoms with Crippen LogP contribution in [0, 0.1) is 5.92 Å². The number of amides is 2. The highest BCUT2D eigenvalue weighted by molar-refractivity contribution is 5.83. The molecule has 0 spiro atoms. The highest BCUT2D eigenvalue weighted by Gasteiger charge is 2.29. The zero-order chi connectivity index (χ0) is 13.0. The SMILES string of the molecule is NC(=O)C1CCN(C(=O)CNc2ccccc2)C1. The molecule has 2 rings (SSSR count). The first-order valence-electron chi connectivity index (χ1n) is 6.03. The molecule has 1 heterocycles. The van der Waals surface area contributed by atoms with Gasteiger partial charge in [0.15, 0.2) is 0 Å². The molecule has 1 aliphatic heterocycles. The van der Waals surface area contributed by atoms with E-state index < -0.39 is 0 Å². The zero-order valence-electron chi connectivity index (χ0n) is 10.1. The fraction of sp³-hybridized carbons (Fsp3) is 0.385. The summed E-state index contributed by atoms with van der Waals surface area (Å²) in [6, 6.07) is 9.55. The molecule has 2 amide bonds. The van der Waals surface area contributed by atoms with Crippen molar-refractivity contribution < 1.29 is 9.59 Å². The summed E-state index contributed by atoms with van der Waals surface area (Å²) in [6.45, 7) is 1.31. The predicted molar refractivity (Wildman–Crippen MR) is 68.8 cm³/mol. The second kappa shape index (κ2) is 5.53. The Kier molecular flexibility index (Phi) is 3.82. The number of nitrogens with one attached hydrogen (secondary N) is 1. The lowest BCUT2D eigenvalue weighted by Crippen LogP contribution is -2.35. The van der Waals surface area contributed by atoms with Gasteiger partial charge in [-0.1, -0.05) is 18.2 Å². The number of anilines is 1. The Labute approximate surface area is 106 Å². The number of carbonyl (C=O) groups is 2. The van der Waals surface area contributed by atoms with Crippen LogP contribution in [-0.2, 0) is 9.59 Å². The van der Waals surface area contributed by atoms with Crippen LogP contribution in [0.1, 0.15) is 6.42 Å². The van der Waals surface area contributed by atoms with Gasteiger partial charge in [-0.05, 0) is 18.6 Å². The topological polar surface area (TPSA) is 75.4 Å². The number of benzene rings is 1. The van der Waals surface area contributed by atoms with Crippen LogP contribution in [0.3, 0.4) is 0 Å². The van der Waals surface area contributed by atoms with E-state index in [2.05, 4.69) is 5.32 Å². The number of hydrogen-bond acceptors (Lipinski definition) is 3. The average molecular weight is 247 g/mol. The standard InChI is InChI=1S/C13H17N3O2/c14-13(18)10-6-7-16(9-10)12(17)8-15-11-4-2-1-3-5-11/h1-5,10,15H,6-9H2,(H2,14,18). The lowest BCUT2D eigenvalue weighted by molar-refractivity contribution is -0.128. The maximum atomic E-state index is 11.9. The molecule has 1 unspecified atom stereocenters. The van der Waals surface area contributed by atoms with Crippen LogP contribution in [0.5, 0.6) is 0 Å². The van der Waals surface area contributed by atoms with Crippen LogP contribution in [0.4, 0.5) is 5.69 Å². The summed E-state index contributed by atoms with van der Waals surface area (Å²) in [5.74, 6) is -0.505. The quantitative estimate of drug-likeness (QED) is 0.810. The highest BCUT2D eigenvalue weighted by Crippen LogP contribution is 2.15. The number of rotatable bonds is 4. The molecule has 96 valence electrons. The van der Waals surface area contributed by atoms with Gasteiger partial charge in [-0.2, -0.15) is 0 Å². The van der Waals surface area contributed by atoms with Crippen molar-refractivity contribution in [2.24, 2.45) is 11.7 Å². The van der Waals surface area contributed by atoms with E-state index in [1.54, 1.807) is 4.90 Å². The number of likely N-dealkylation sites (tertiary alicyclic amines) is 1. The Bertz CT molecular complexity index is 433. The molecule has 0 aromatic heterocycles. The second-order valence-electron chi connectivity index (χ2n) is 4.45. The Morgan fingerprint density at radius 2 is 2.06 bits per heavy atom. The average Bonchev–Trinajstić information content (AvgIpc) is 2.87. The summed E-state index contributed by atoms with van der Waals surface area (Å²) in [6.07, 6.45) is 0.673. The van der Waals surface area contributed by atoms with Gasteiger partial charge in [0.25, 0.3) is 0 Å². The molecule has 1 aromatic carbocycles. The molecule has 3 N–H and O–H groups in total. The van der Waals surface area contributed by atoms with Gasteiger partial charge >= 0.3 is 0 Å². The van der Waals surface area contributed by atoms with Gasteiger partial charge in [0.05, 0.1) is 12.5 Å². The van der Waals surface area contributed by atoms with Crippen LogP contribution < -0.4 is 11.1 Å². The van der Waals surface area contributed by atoms with Crippen molar-refractivity contribution in [2.45, 2.75) is 6.42 Å². The monoisotopic (exact) mass is 247 g/mol. The van der Waals surface area contributed by atoms with E-state index in [-0.39, 0.29) is 24.3 Å². The Balaban J connectivity index is 1.81. The van der Waals surface area contributed by atoms with Crippen molar-refractivity contribution in [2.75, 3.05) is 25.0 Å². The number of carbonyl (C=O) groups excluding carboxylic acids is 2. The predicted octanol–water partition coefficient (Wildman–Crippen LogP) is 0.432. The maximum absolute atomic E-state index is 11.9. The summed E-state index contributed by atoms with van der Waals surface area (Å²) in [5, 5.41) is 3.06. The van der Waals surface area contributed by atoms with Gasteiger partial charge in [-0.25, -0.2) is 0 Å². The van der Waals surface area contributed by atoms with Crippen LogP contribution >= 0.6 is 0 Å². The minimum absolute atomic E-state index is 0.00241. The van der Waals surface area contributed by atoms with Gasteiger partial charge in [-0.15, -0.1) is 0 Å². The summed E-state index contributed by atoms with van der Waals surface area (Å²) in [7, 11) is 0. The minimum Gasteiger partial charge on any atom is -0.376 e. The molecule has 5 heteroatoms. The molecular formula is C13H17N3O2. The van der Waals surface area contributed by atoms with E-state index in [9.17, 15) is 9.59 Å². The fourth-order valence-electron chi connectivity index (χ4n) is 2.06. The number of nitrogens with zero attached hydrogens (tertiary/aromatic N) is 1. The number of hydrogen-bond donors (Lipinski definition) is 2. The third-order valence-electron chi connectivity index (χ3n) is 3.16. The van der Waals surface area contributed by atoms with Gasteiger partial charge in [0.1, 0.15) is 0 Å². The summed E-state index contributed by atoms with van der Waals surface area (Å²) >= 11 is 0. The normalized spacial score (nSPS) is 18.7. The molecule has 1 aromatic rings. The zero-order valence-corrected chi connectivity index (χ0v) is 10.1. The number of nitrogens with two attached hydrogens (primary N) is 1. The molecule has 0 radical (unpaired) electrons. The smallest absolute Gasteiger partial charge is 0.241 e. The third-order valence-corrected chi connectivity index (χ3v) is 3.16. The Morgan fingerprint density at radius 3 is 2.67 bits per heavy atom. The van der Waals surface area contributed by atoms with Crippen LogP contribution in [0.25, 0.3) is 0 Å². The second-order valence-corrected chi connectivity index (χ2v) is 4.45. The first-order chi connectivity index (χ1) is 8.66. The van der Waals surface area contributed by atoms with E-state index in [1.807, 2.05) is 30.3 Å². The molecule has 0 aliphatic carbocycles. The lowest BCUT2D eigenvalue weighted by atomic mass is 10.1. The summed E-state index contributed by atoms with van der Waals surface area (Å²) in [4.78, 5) is 24.6. The first kappa shape index (κ1) is 12.4. The third kappa shape index (κ3) is 3.00. The van der Waals surface area contributed by atoms with E-state index in [0.29, 0.717) is 19.5 Å². The van der Waals surface area contributed by atoms with Gasteiger partial charge in [0.2, 0.25) is 11.8 Å². The summed E-state index contributed by atoms with van der Waals surface area (Å²) in [5.41, 5.74) is 6.15. The van der Waals surface area contributed by atoms with Crippen LogP contribution in [0.2, 0.25) is 0 Å². The van der Waals surface area contributed by atoms with Gasteiger partial charge in [-0.3, -0.25) is 9.59 Å². The molecule has 1 aliphatic rings. The van der Waals surface area contributed by atoms with E-state index in [4.69, 9.17) is 5.73 Å². The van der Waals surface area contributed by atoms with Crippen molar-refractivity contribution in [1.82, 2.24) is 4.90 Å². The lowest BCUT2D eigenvalue weighted by Gasteiger charge is -2.16. The molecule has 1 saturated heterocycles. The minimum atomic E-state index is -0.318. The fourth-order valence-corrected chi connectivity index (χ4v) is 2.06. The maximum Gasteiger partial charge on any atom is 0.241 e. The first-order valence-corrected chi connectivity index (χ1v) is 6.03. The molecule has 0 saturated carbocycles. The number of para-hydroxylation sites is 1. The van der Waals surface area contributed by atoms with Crippen molar-refractivity contribution in [3.8, 4) is 0 Å². The molecule has 18 heavy (non-hydrogen) atoms. The van der Waals surface area contributed by atoms with Gasteiger partial charge in [0, 0.05) is 18.8 Å². The summed E-state index contributed by atoms with van der Waals surface area (Å²) < 4.78 is 0. The Morgan fingerprint density at radius 1 is 1.33 bits per heavy atom. The van der Waals surface area contributed by atoms with E-state index >= 15 is 0 Å². The molecule has 1 atom stereocenters. The van der Waals surface area contributed by atoms with Crippen LogP contribution in [-0.4, -0.2) is 36.3 Å². The Hall–Kier alpha value is -2.04.